The maximum absolute atomic E-state index is 13.9. The fourth-order valence-corrected chi connectivity index (χ4v) is 5.88. The Labute approximate surface area is 214 Å². The summed E-state index contributed by atoms with van der Waals surface area (Å²) in [5, 5.41) is 0. The van der Waals surface area contributed by atoms with Gasteiger partial charge < -0.3 is 9.80 Å². The van der Waals surface area contributed by atoms with Crippen LogP contribution in [0.2, 0.25) is 0 Å². The molecule has 0 aliphatic carbocycles. The van der Waals surface area contributed by atoms with E-state index in [0.717, 1.165) is 12.1 Å². The third-order valence-corrected chi connectivity index (χ3v) is 7.80. The van der Waals surface area contributed by atoms with E-state index in [0.29, 0.717) is 16.9 Å². The Morgan fingerprint density at radius 3 is 2.30 bits per heavy atom. The first-order chi connectivity index (χ1) is 17.5. The number of rotatable bonds is 6. The molecule has 2 aromatic carbocycles. The van der Waals surface area contributed by atoms with Crippen LogP contribution in [0.15, 0.2) is 71.8 Å². The number of carbonyl (C=O) groups excluding carboxylic acids is 1. The first-order valence-electron chi connectivity index (χ1n) is 11.7. The average molecular weight is 533 g/mol. The second-order valence-electron chi connectivity index (χ2n) is 9.03. The number of halogens is 3. The normalized spacial score (nSPS) is 15.0. The SMILES string of the molecule is CN(C)c1ncccc1C(=O)N1CCC(NS(=O)(=O)c2ccc(-c3ccccc3)cc2C(F)(F)F)CC1. The summed E-state index contributed by atoms with van der Waals surface area (Å²) in [6.45, 7) is 0.514. The Balaban J connectivity index is 1.50. The fourth-order valence-electron chi connectivity index (χ4n) is 4.37. The standard InChI is InChI=1S/C26H27F3N4O3S/c1-32(2)24-21(9-6-14-30-24)25(34)33-15-12-20(13-16-33)31-37(35,36)23-11-10-19(17-22(23)26(27,28)29)18-7-4-3-5-8-18/h3-11,14,17,20,31H,12-13,15-16H2,1-2H3. The monoisotopic (exact) mass is 532 g/mol. The van der Waals surface area contributed by atoms with Crippen LogP contribution in [0.3, 0.4) is 0 Å². The third-order valence-electron chi connectivity index (χ3n) is 6.23. The molecular weight excluding hydrogens is 505 g/mol. The van der Waals surface area contributed by atoms with Crippen LogP contribution < -0.4 is 9.62 Å². The van der Waals surface area contributed by atoms with Gasteiger partial charge in [-0.1, -0.05) is 36.4 Å². The summed E-state index contributed by atoms with van der Waals surface area (Å²) in [7, 11) is -0.912. The number of hydrogen-bond donors (Lipinski definition) is 1. The van der Waals surface area contributed by atoms with Crippen molar-refractivity contribution in [2.45, 2.75) is 30.0 Å². The Hall–Kier alpha value is -3.44. The molecule has 0 bridgehead atoms. The zero-order valence-corrected chi connectivity index (χ0v) is 21.2. The Morgan fingerprint density at radius 2 is 1.68 bits per heavy atom. The van der Waals surface area contributed by atoms with Gasteiger partial charge in [0.1, 0.15) is 5.82 Å². The number of anilines is 1. The summed E-state index contributed by atoms with van der Waals surface area (Å²) in [6, 6.07) is 14.4. The van der Waals surface area contributed by atoms with E-state index in [1.807, 2.05) is 0 Å². The van der Waals surface area contributed by atoms with Crippen LogP contribution in [-0.4, -0.2) is 57.4 Å². The number of benzene rings is 2. The Bertz CT molecular complexity index is 1370. The number of alkyl halides is 3. The number of nitrogens with zero attached hydrogens (tertiary/aromatic N) is 3. The molecule has 1 aliphatic heterocycles. The quantitative estimate of drug-likeness (QED) is 0.509. The van der Waals surface area contributed by atoms with E-state index in [9.17, 15) is 26.4 Å². The second kappa shape index (κ2) is 10.5. The molecule has 1 fully saturated rings. The summed E-state index contributed by atoms with van der Waals surface area (Å²) in [4.78, 5) is 19.8. The van der Waals surface area contributed by atoms with Crippen LogP contribution in [0.4, 0.5) is 19.0 Å². The molecule has 1 aliphatic rings. The predicted molar refractivity (Wildman–Crippen MR) is 135 cm³/mol. The van der Waals surface area contributed by atoms with Gasteiger partial charge in [-0.3, -0.25) is 4.79 Å². The molecule has 1 N–H and O–H groups in total. The van der Waals surface area contributed by atoms with E-state index in [4.69, 9.17) is 0 Å². The van der Waals surface area contributed by atoms with Gasteiger partial charge in [0.15, 0.2) is 0 Å². The van der Waals surface area contributed by atoms with Gasteiger partial charge in [0.25, 0.3) is 5.91 Å². The highest BCUT2D eigenvalue weighted by Gasteiger charge is 2.38. The van der Waals surface area contributed by atoms with Crippen molar-refractivity contribution in [1.29, 1.82) is 0 Å². The number of hydrogen-bond acceptors (Lipinski definition) is 5. The molecule has 2 heterocycles. The van der Waals surface area contributed by atoms with Crippen molar-refractivity contribution in [3.8, 4) is 11.1 Å². The molecule has 0 saturated carbocycles. The van der Waals surface area contributed by atoms with Crippen molar-refractivity contribution in [1.82, 2.24) is 14.6 Å². The molecular formula is C26H27F3N4O3S. The Morgan fingerprint density at radius 1 is 1.00 bits per heavy atom. The van der Waals surface area contributed by atoms with E-state index in [1.54, 1.807) is 72.6 Å². The lowest BCUT2D eigenvalue weighted by atomic mass is 10.0. The molecule has 0 radical (unpaired) electrons. The van der Waals surface area contributed by atoms with Crippen LogP contribution in [0.5, 0.6) is 0 Å². The van der Waals surface area contributed by atoms with Crippen LogP contribution in [-0.2, 0) is 16.2 Å². The van der Waals surface area contributed by atoms with Crippen molar-refractivity contribution in [3.63, 3.8) is 0 Å². The van der Waals surface area contributed by atoms with Crippen molar-refractivity contribution < 1.29 is 26.4 Å². The highest BCUT2D eigenvalue weighted by Crippen LogP contribution is 2.37. The molecule has 4 rings (SSSR count). The number of likely N-dealkylation sites (tertiary alicyclic amines) is 1. The average Bonchev–Trinajstić information content (AvgIpc) is 2.88. The lowest BCUT2D eigenvalue weighted by molar-refractivity contribution is -0.139. The molecule has 1 amide bonds. The van der Waals surface area contributed by atoms with Gasteiger partial charge in [0.2, 0.25) is 10.0 Å². The number of carbonyl (C=O) groups is 1. The minimum atomic E-state index is -4.86. The number of amides is 1. The topological polar surface area (TPSA) is 82.6 Å². The number of sulfonamides is 1. The van der Waals surface area contributed by atoms with E-state index < -0.39 is 32.7 Å². The number of aromatic nitrogens is 1. The number of nitrogens with one attached hydrogen (secondary N) is 1. The van der Waals surface area contributed by atoms with Crippen LogP contribution in [0, 0.1) is 0 Å². The molecule has 11 heteroatoms. The van der Waals surface area contributed by atoms with Gasteiger partial charge in [-0.15, -0.1) is 0 Å². The van der Waals surface area contributed by atoms with E-state index in [-0.39, 0.29) is 37.4 Å². The van der Waals surface area contributed by atoms with Crippen molar-refractivity contribution >= 4 is 21.7 Å². The minimum Gasteiger partial charge on any atom is -0.362 e. The highest BCUT2D eigenvalue weighted by molar-refractivity contribution is 7.89. The van der Waals surface area contributed by atoms with Crippen LogP contribution >= 0.6 is 0 Å². The molecule has 7 nitrogen and oxygen atoms in total. The summed E-state index contributed by atoms with van der Waals surface area (Å²) >= 11 is 0. The van der Waals surface area contributed by atoms with Gasteiger partial charge in [-0.25, -0.2) is 18.1 Å². The van der Waals surface area contributed by atoms with Crippen molar-refractivity contribution in [2.24, 2.45) is 0 Å². The van der Waals surface area contributed by atoms with Gasteiger partial charge in [-0.05, 0) is 48.2 Å². The van der Waals surface area contributed by atoms with Crippen LogP contribution in [0.1, 0.15) is 28.8 Å². The zero-order valence-electron chi connectivity index (χ0n) is 20.4. The zero-order chi connectivity index (χ0) is 26.8. The molecule has 0 unspecified atom stereocenters. The van der Waals surface area contributed by atoms with Gasteiger partial charge in [0.05, 0.1) is 16.0 Å². The second-order valence-corrected chi connectivity index (χ2v) is 10.7. The molecule has 1 saturated heterocycles. The van der Waals surface area contributed by atoms with Crippen LogP contribution in [0.25, 0.3) is 11.1 Å². The fraction of sp³-hybridized carbons (Fsp3) is 0.308. The maximum atomic E-state index is 13.9. The first-order valence-corrected chi connectivity index (χ1v) is 13.2. The highest BCUT2D eigenvalue weighted by atomic mass is 32.2. The van der Waals surface area contributed by atoms with Gasteiger partial charge in [0, 0.05) is 39.4 Å². The van der Waals surface area contributed by atoms with E-state index in [1.165, 1.54) is 6.07 Å². The summed E-state index contributed by atoms with van der Waals surface area (Å²) in [6.07, 6.45) is -2.73. The lowest BCUT2D eigenvalue weighted by Gasteiger charge is -2.33. The third kappa shape index (κ3) is 5.94. The van der Waals surface area contributed by atoms with Crippen molar-refractivity contribution in [3.05, 3.63) is 78.0 Å². The minimum absolute atomic E-state index is 0.228. The molecule has 37 heavy (non-hydrogen) atoms. The largest absolute Gasteiger partial charge is 0.417 e. The molecule has 0 spiro atoms. The molecule has 196 valence electrons. The van der Waals surface area contributed by atoms with Gasteiger partial charge >= 0.3 is 6.18 Å². The molecule has 3 aromatic rings. The van der Waals surface area contributed by atoms with Gasteiger partial charge in [-0.2, -0.15) is 13.2 Å². The summed E-state index contributed by atoms with van der Waals surface area (Å²) < 4.78 is 70.3. The lowest BCUT2D eigenvalue weighted by Crippen LogP contribution is -2.46. The Kier molecular flexibility index (Phi) is 7.56. The molecule has 0 atom stereocenters. The predicted octanol–water partition coefficient (Wildman–Crippen LogP) is 4.42. The summed E-state index contributed by atoms with van der Waals surface area (Å²) in [5.41, 5.74) is 0.0285. The smallest absolute Gasteiger partial charge is 0.362 e. The maximum Gasteiger partial charge on any atom is 0.417 e. The van der Waals surface area contributed by atoms with E-state index >= 15 is 0 Å². The number of piperidine rings is 1. The van der Waals surface area contributed by atoms with Crippen molar-refractivity contribution in [2.75, 3.05) is 32.1 Å². The molecule has 1 aromatic heterocycles. The summed E-state index contributed by atoms with van der Waals surface area (Å²) in [5.74, 6) is 0.294. The first kappa shape index (κ1) is 26.6. The number of pyridine rings is 1. The van der Waals surface area contributed by atoms with E-state index in [2.05, 4.69) is 9.71 Å².